The van der Waals surface area contributed by atoms with E-state index in [0.717, 1.165) is 12.8 Å². The molecule has 1 amide bonds. The highest BCUT2D eigenvalue weighted by atomic mass is 32.1. The minimum absolute atomic E-state index is 0.250. The van der Waals surface area contributed by atoms with E-state index in [1.807, 2.05) is 20.8 Å². The number of carbonyl (C=O) groups is 1. The lowest BCUT2D eigenvalue weighted by molar-refractivity contribution is 0.0526. The number of nitrogens with one attached hydrogen (secondary N) is 1. The molecule has 6 heteroatoms. The number of ether oxygens (including phenoxy) is 2. The van der Waals surface area contributed by atoms with Gasteiger partial charge < -0.3 is 14.8 Å². The average Bonchev–Trinajstić information content (AvgIpc) is 2.07. The van der Waals surface area contributed by atoms with Crippen LogP contribution in [0.15, 0.2) is 0 Å². The van der Waals surface area contributed by atoms with Crippen molar-refractivity contribution < 1.29 is 14.3 Å². The number of unbranched alkanes of at least 4 members (excludes halogenated alkanes) is 1. The molecule has 0 atom stereocenters. The fourth-order valence-corrected chi connectivity index (χ4v) is 1.07. The summed E-state index contributed by atoms with van der Waals surface area (Å²) < 4.78 is 10.3. The third kappa shape index (κ3) is 11.6. The van der Waals surface area contributed by atoms with Crippen LogP contribution < -0.4 is 5.32 Å². The highest BCUT2D eigenvalue weighted by Crippen LogP contribution is 2.06. The van der Waals surface area contributed by atoms with Crippen molar-refractivity contribution in [1.82, 2.24) is 5.32 Å². The Morgan fingerprint density at radius 2 is 2.00 bits per heavy atom. The summed E-state index contributed by atoms with van der Waals surface area (Å²) in [4.78, 5) is 11.2. The Morgan fingerprint density at radius 1 is 1.38 bits per heavy atom. The molecule has 0 aromatic carbocycles. The van der Waals surface area contributed by atoms with E-state index < -0.39 is 11.7 Å². The van der Waals surface area contributed by atoms with Crippen LogP contribution in [0.25, 0.3) is 0 Å². The maximum atomic E-state index is 11.2. The SMILES string of the molecule is CC(C)(C)OC(=O)NCCCCOC(=S)S. The highest BCUT2D eigenvalue weighted by Gasteiger charge is 2.15. The van der Waals surface area contributed by atoms with E-state index in [-0.39, 0.29) is 4.38 Å². The first-order chi connectivity index (χ1) is 7.31. The predicted molar refractivity (Wildman–Crippen MR) is 71.0 cm³/mol. The maximum absolute atomic E-state index is 11.2. The van der Waals surface area contributed by atoms with Crippen LogP contribution in [0.4, 0.5) is 4.79 Å². The standard InChI is InChI=1S/C10H19NO3S2/c1-10(2,3)14-8(12)11-6-4-5-7-13-9(15)16/h4-7H2,1-3H3,(H,11,12)(H,15,16). The quantitative estimate of drug-likeness (QED) is 0.455. The van der Waals surface area contributed by atoms with E-state index in [0.29, 0.717) is 13.2 Å². The van der Waals surface area contributed by atoms with Gasteiger partial charge in [-0.25, -0.2) is 4.79 Å². The molecule has 4 nitrogen and oxygen atoms in total. The lowest BCUT2D eigenvalue weighted by Crippen LogP contribution is -2.33. The van der Waals surface area contributed by atoms with Crippen LogP contribution in [0.5, 0.6) is 0 Å². The number of hydrogen-bond acceptors (Lipinski definition) is 4. The van der Waals surface area contributed by atoms with Gasteiger partial charge in [-0.15, -0.1) is 0 Å². The summed E-state index contributed by atoms with van der Waals surface area (Å²) in [5.74, 6) is 0. The Labute approximate surface area is 107 Å². The van der Waals surface area contributed by atoms with Gasteiger partial charge in [0, 0.05) is 6.54 Å². The number of thiocarbonyl (C=S) groups is 1. The van der Waals surface area contributed by atoms with Gasteiger partial charge in [0.05, 0.1) is 6.61 Å². The largest absolute Gasteiger partial charge is 0.479 e. The second-order valence-electron chi connectivity index (χ2n) is 4.25. The molecule has 0 aromatic heterocycles. The molecule has 0 unspecified atom stereocenters. The number of amides is 1. The number of hydrogen-bond donors (Lipinski definition) is 2. The second kappa shape index (κ2) is 7.73. The molecular formula is C10H19NO3S2. The van der Waals surface area contributed by atoms with Gasteiger partial charge in [-0.2, -0.15) is 0 Å². The summed E-state index contributed by atoms with van der Waals surface area (Å²) >= 11 is 8.45. The van der Waals surface area contributed by atoms with Crippen LogP contribution in [0.1, 0.15) is 33.6 Å². The Hall–Kier alpha value is -0.490. The number of carbonyl (C=O) groups excluding carboxylic acids is 1. The van der Waals surface area contributed by atoms with E-state index in [1.165, 1.54) is 0 Å². The van der Waals surface area contributed by atoms with Crippen molar-refractivity contribution in [2.75, 3.05) is 13.2 Å². The van der Waals surface area contributed by atoms with Crippen molar-refractivity contribution in [3.05, 3.63) is 0 Å². The van der Waals surface area contributed by atoms with Crippen molar-refractivity contribution in [3.63, 3.8) is 0 Å². The molecule has 0 rings (SSSR count). The summed E-state index contributed by atoms with van der Waals surface area (Å²) in [6, 6.07) is 0. The topological polar surface area (TPSA) is 47.6 Å². The molecule has 0 fully saturated rings. The van der Waals surface area contributed by atoms with E-state index >= 15 is 0 Å². The molecule has 0 spiro atoms. The van der Waals surface area contributed by atoms with Crippen LogP contribution in [0, 0.1) is 0 Å². The third-order valence-corrected chi connectivity index (χ3v) is 1.71. The molecule has 0 saturated carbocycles. The number of thiol groups is 1. The first kappa shape index (κ1) is 15.5. The molecule has 0 aliphatic carbocycles. The summed E-state index contributed by atoms with van der Waals surface area (Å²) in [6.07, 6.45) is 1.24. The normalized spacial score (nSPS) is 10.8. The average molecular weight is 265 g/mol. The monoisotopic (exact) mass is 265 g/mol. The molecule has 94 valence electrons. The fourth-order valence-electron chi connectivity index (χ4n) is 0.891. The molecule has 0 aliphatic rings. The second-order valence-corrected chi connectivity index (χ2v) is 5.33. The summed E-state index contributed by atoms with van der Waals surface area (Å²) in [5.41, 5.74) is -0.453. The van der Waals surface area contributed by atoms with Crippen molar-refractivity contribution in [1.29, 1.82) is 0 Å². The smallest absolute Gasteiger partial charge is 0.407 e. The minimum atomic E-state index is -0.453. The fraction of sp³-hybridized carbons (Fsp3) is 0.800. The van der Waals surface area contributed by atoms with Crippen molar-refractivity contribution in [3.8, 4) is 0 Å². The maximum Gasteiger partial charge on any atom is 0.407 e. The van der Waals surface area contributed by atoms with Gasteiger partial charge in [0.25, 0.3) is 0 Å². The van der Waals surface area contributed by atoms with Gasteiger partial charge in [-0.3, -0.25) is 0 Å². The summed E-state index contributed by atoms with van der Waals surface area (Å²) in [6.45, 7) is 6.58. The number of rotatable bonds is 5. The third-order valence-electron chi connectivity index (χ3n) is 1.46. The van der Waals surface area contributed by atoms with E-state index in [9.17, 15) is 4.79 Å². The van der Waals surface area contributed by atoms with Gasteiger partial charge >= 0.3 is 6.09 Å². The Kier molecular flexibility index (Phi) is 7.49. The van der Waals surface area contributed by atoms with Crippen LogP contribution in [-0.2, 0) is 9.47 Å². The van der Waals surface area contributed by atoms with Gasteiger partial charge in [-0.1, -0.05) is 12.6 Å². The molecule has 0 heterocycles. The molecule has 16 heavy (non-hydrogen) atoms. The number of alkyl carbamates (subject to hydrolysis) is 1. The van der Waals surface area contributed by atoms with Gasteiger partial charge in [-0.05, 0) is 45.8 Å². The van der Waals surface area contributed by atoms with Crippen molar-refractivity contribution in [2.45, 2.75) is 39.2 Å². The molecule has 1 N–H and O–H groups in total. The van der Waals surface area contributed by atoms with Crippen LogP contribution >= 0.6 is 24.8 Å². The molecule has 0 radical (unpaired) electrons. The van der Waals surface area contributed by atoms with Crippen molar-refractivity contribution in [2.24, 2.45) is 0 Å². The predicted octanol–water partition coefficient (Wildman–Crippen LogP) is 2.52. The van der Waals surface area contributed by atoms with Gasteiger partial charge in [0.15, 0.2) is 0 Å². The molecular weight excluding hydrogens is 246 g/mol. The summed E-state index contributed by atoms with van der Waals surface area (Å²) in [5, 5.41) is 2.66. The van der Waals surface area contributed by atoms with E-state index in [1.54, 1.807) is 0 Å². The van der Waals surface area contributed by atoms with Gasteiger partial charge in [0.1, 0.15) is 5.60 Å². The minimum Gasteiger partial charge on any atom is -0.479 e. The Balaban J connectivity index is 3.38. The first-order valence-corrected chi connectivity index (χ1v) is 5.99. The van der Waals surface area contributed by atoms with Crippen LogP contribution in [0.2, 0.25) is 0 Å². The van der Waals surface area contributed by atoms with Crippen LogP contribution in [0.3, 0.4) is 0 Å². The Morgan fingerprint density at radius 3 is 2.50 bits per heavy atom. The zero-order valence-corrected chi connectivity index (χ0v) is 11.6. The van der Waals surface area contributed by atoms with E-state index in [2.05, 4.69) is 30.2 Å². The first-order valence-electron chi connectivity index (χ1n) is 5.14. The van der Waals surface area contributed by atoms with Crippen molar-refractivity contribution >= 4 is 35.3 Å². The van der Waals surface area contributed by atoms with Crippen LogP contribution in [-0.4, -0.2) is 29.2 Å². The zero-order valence-electron chi connectivity index (χ0n) is 9.91. The molecule has 0 aliphatic heterocycles. The Bertz CT molecular complexity index is 239. The lowest BCUT2D eigenvalue weighted by Gasteiger charge is -2.19. The van der Waals surface area contributed by atoms with Gasteiger partial charge in [0.2, 0.25) is 4.38 Å². The zero-order chi connectivity index (χ0) is 12.6. The van der Waals surface area contributed by atoms with E-state index in [4.69, 9.17) is 9.47 Å². The molecule has 0 aromatic rings. The highest BCUT2D eigenvalue weighted by molar-refractivity contribution is 8.10. The molecule has 0 saturated heterocycles. The summed E-state index contributed by atoms with van der Waals surface area (Å²) in [7, 11) is 0. The lowest BCUT2D eigenvalue weighted by atomic mass is 10.2. The molecule has 0 bridgehead atoms.